The van der Waals surface area contributed by atoms with Crippen molar-refractivity contribution in [3.8, 4) is 0 Å². The Kier molecular flexibility index (Phi) is 3.73. The molecule has 0 bridgehead atoms. The zero-order chi connectivity index (χ0) is 16.1. The summed E-state index contributed by atoms with van der Waals surface area (Å²) >= 11 is 12.3. The van der Waals surface area contributed by atoms with E-state index in [0.29, 0.717) is 23.1 Å². The Labute approximate surface area is 140 Å². The molecule has 1 fully saturated rings. The fraction of sp³-hybridized carbons (Fsp3) is 0.562. The molecule has 0 unspecified atom stereocenters. The highest BCUT2D eigenvalue weighted by Crippen LogP contribution is 2.46. The van der Waals surface area contributed by atoms with Crippen LogP contribution in [0.4, 0.5) is 10.5 Å². The van der Waals surface area contributed by atoms with E-state index >= 15 is 0 Å². The Morgan fingerprint density at radius 1 is 1.32 bits per heavy atom. The van der Waals surface area contributed by atoms with Crippen LogP contribution in [0.15, 0.2) is 12.1 Å². The number of ether oxygens (including phenoxy) is 1. The predicted octanol–water partition coefficient (Wildman–Crippen LogP) is 4.30. The maximum Gasteiger partial charge on any atom is 0.410 e. The molecule has 1 atom stereocenters. The number of hydrogen-bond donors (Lipinski definition) is 1. The number of likely N-dealkylation sites (tertiary alicyclic amines) is 1. The summed E-state index contributed by atoms with van der Waals surface area (Å²) in [7, 11) is 0. The van der Waals surface area contributed by atoms with Gasteiger partial charge in [-0.15, -0.1) is 0 Å². The van der Waals surface area contributed by atoms with Gasteiger partial charge in [0.15, 0.2) is 0 Å². The first-order valence-electron chi connectivity index (χ1n) is 7.42. The van der Waals surface area contributed by atoms with Crippen LogP contribution in [-0.4, -0.2) is 36.2 Å². The maximum absolute atomic E-state index is 12.3. The Morgan fingerprint density at radius 2 is 2.00 bits per heavy atom. The number of halogens is 2. The number of carbonyl (C=O) groups excluding carboxylic acids is 1. The van der Waals surface area contributed by atoms with Gasteiger partial charge in [-0.05, 0) is 44.9 Å². The quantitative estimate of drug-likeness (QED) is 0.764. The third-order valence-electron chi connectivity index (χ3n) is 4.25. The lowest BCUT2D eigenvalue weighted by atomic mass is 9.82. The second-order valence-corrected chi connectivity index (χ2v) is 7.91. The van der Waals surface area contributed by atoms with E-state index in [1.54, 1.807) is 4.90 Å². The number of rotatable bonds is 0. The van der Waals surface area contributed by atoms with Gasteiger partial charge in [0.2, 0.25) is 0 Å². The molecular formula is C16H20Cl2N2O2. The molecule has 4 nitrogen and oxygen atoms in total. The van der Waals surface area contributed by atoms with Crippen molar-refractivity contribution in [2.75, 3.05) is 25.0 Å². The zero-order valence-corrected chi connectivity index (χ0v) is 14.5. The molecular weight excluding hydrogens is 323 g/mol. The summed E-state index contributed by atoms with van der Waals surface area (Å²) in [6, 6.07) is 3.79. The van der Waals surface area contributed by atoms with E-state index in [2.05, 4.69) is 5.32 Å². The van der Waals surface area contributed by atoms with Crippen LogP contribution in [0, 0.1) is 0 Å². The minimum Gasteiger partial charge on any atom is -0.444 e. The summed E-state index contributed by atoms with van der Waals surface area (Å²) in [6.07, 6.45) is 0.641. The number of benzene rings is 1. The highest BCUT2D eigenvalue weighted by Gasteiger charge is 2.46. The SMILES string of the molecule is CC(C)(C)OC(=O)N1CC[C@]2(CNc3cc(Cl)c(Cl)cc32)C1. The first kappa shape index (κ1) is 15.8. The Morgan fingerprint density at radius 3 is 2.68 bits per heavy atom. The third-order valence-corrected chi connectivity index (χ3v) is 4.98. The number of nitrogens with zero attached hydrogens (tertiary/aromatic N) is 1. The first-order chi connectivity index (χ1) is 10.2. The zero-order valence-electron chi connectivity index (χ0n) is 13.0. The summed E-state index contributed by atoms with van der Waals surface area (Å²) < 4.78 is 5.47. The molecule has 0 radical (unpaired) electrons. The van der Waals surface area contributed by atoms with Crippen LogP contribution in [0.3, 0.4) is 0 Å². The molecule has 0 aromatic heterocycles. The van der Waals surface area contributed by atoms with Gasteiger partial charge in [0.1, 0.15) is 5.60 Å². The molecule has 1 spiro atoms. The van der Waals surface area contributed by atoms with Crippen LogP contribution in [0.1, 0.15) is 32.8 Å². The van der Waals surface area contributed by atoms with E-state index in [1.807, 2.05) is 32.9 Å². The van der Waals surface area contributed by atoms with Gasteiger partial charge in [0, 0.05) is 30.7 Å². The van der Waals surface area contributed by atoms with Gasteiger partial charge in [-0.3, -0.25) is 0 Å². The van der Waals surface area contributed by atoms with Gasteiger partial charge in [-0.25, -0.2) is 4.79 Å². The van der Waals surface area contributed by atoms with Gasteiger partial charge in [-0.2, -0.15) is 0 Å². The molecule has 1 saturated heterocycles. The lowest BCUT2D eigenvalue weighted by molar-refractivity contribution is 0.0285. The molecule has 2 heterocycles. The lowest BCUT2D eigenvalue weighted by Gasteiger charge is -2.27. The molecule has 6 heteroatoms. The van der Waals surface area contributed by atoms with Crippen molar-refractivity contribution >= 4 is 35.0 Å². The number of hydrogen-bond acceptors (Lipinski definition) is 3. The van der Waals surface area contributed by atoms with Crippen molar-refractivity contribution in [1.29, 1.82) is 0 Å². The second-order valence-electron chi connectivity index (χ2n) is 7.10. The van der Waals surface area contributed by atoms with E-state index in [1.165, 1.54) is 0 Å². The molecule has 1 amide bonds. The van der Waals surface area contributed by atoms with Crippen molar-refractivity contribution in [2.24, 2.45) is 0 Å². The molecule has 0 saturated carbocycles. The topological polar surface area (TPSA) is 41.6 Å². The Balaban J connectivity index is 1.82. The van der Waals surface area contributed by atoms with Gasteiger partial charge < -0.3 is 15.0 Å². The maximum atomic E-state index is 12.3. The van der Waals surface area contributed by atoms with Gasteiger partial charge in [0.25, 0.3) is 0 Å². The third kappa shape index (κ3) is 2.74. The van der Waals surface area contributed by atoms with Crippen molar-refractivity contribution in [2.45, 2.75) is 38.2 Å². The monoisotopic (exact) mass is 342 g/mol. The van der Waals surface area contributed by atoms with Gasteiger partial charge in [-0.1, -0.05) is 23.2 Å². The van der Waals surface area contributed by atoms with E-state index < -0.39 is 5.60 Å². The normalized spacial score (nSPS) is 23.6. The molecule has 1 aromatic carbocycles. The molecule has 1 aromatic rings. The fourth-order valence-electron chi connectivity index (χ4n) is 3.21. The number of amides is 1. The summed E-state index contributed by atoms with van der Waals surface area (Å²) in [4.78, 5) is 14.1. The molecule has 0 aliphatic carbocycles. The highest BCUT2D eigenvalue weighted by atomic mass is 35.5. The van der Waals surface area contributed by atoms with E-state index in [9.17, 15) is 4.79 Å². The number of fused-ring (bicyclic) bond motifs is 2. The van der Waals surface area contributed by atoms with Crippen molar-refractivity contribution in [1.82, 2.24) is 4.90 Å². The molecule has 2 aliphatic heterocycles. The largest absolute Gasteiger partial charge is 0.444 e. The Hall–Kier alpha value is -1.13. The van der Waals surface area contributed by atoms with Crippen LogP contribution in [-0.2, 0) is 10.2 Å². The lowest BCUT2D eigenvalue weighted by Crippen LogP contribution is -2.38. The minimum absolute atomic E-state index is 0.0968. The summed E-state index contributed by atoms with van der Waals surface area (Å²) in [6.45, 7) is 7.76. The molecule has 120 valence electrons. The van der Waals surface area contributed by atoms with Crippen molar-refractivity contribution < 1.29 is 9.53 Å². The highest BCUT2D eigenvalue weighted by molar-refractivity contribution is 6.42. The van der Waals surface area contributed by atoms with E-state index in [0.717, 1.165) is 24.2 Å². The number of carbonyl (C=O) groups is 1. The molecule has 22 heavy (non-hydrogen) atoms. The van der Waals surface area contributed by atoms with Crippen LogP contribution >= 0.6 is 23.2 Å². The van der Waals surface area contributed by atoms with Crippen LogP contribution in [0.5, 0.6) is 0 Å². The van der Waals surface area contributed by atoms with Crippen LogP contribution in [0.2, 0.25) is 10.0 Å². The van der Waals surface area contributed by atoms with Crippen molar-refractivity contribution in [3.63, 3.8) is 0 Å². The van der Waals surface area contributed by atoms with Gasteiger partial charge in [0.05, 0.1) is 10.0 Å². The average molecular weight is 343 g/mol. The van der Waals surface area contributed by atoms with Gasteiger partial charge >= 0.3 is 6.09 Å². The smallest absolute Gasteiger partial charge is 0.410 e. The summed E-state index contributed by atoms with van der Waals surface area (Å²) in [5.41, 5.74) is 1.59. The number of anilines is 1. The average Bonchev–Trinajstić information content (AvgIpc) is 2.96. The summed E-state index contributed by atoms with van der Waals surface area (Å²) in [5, 5.41) is 4.49. The molecule has 2 aliphatic rings. The van der Waals surface area contributed by atoms with Crippen LogP contribution in [0.25, 0.3) is 0 Å². The summed E-state index contributed by atoms with van der Waals surface area (Å²) in [5.74, 6) is 0. The molecule has 3 rings (SSSR count). The fourth-order valence-corrected chi connectivity index (χ4v) is 3.54. The van der Waals surface area contributed by atoms with Crippen molar-refractivity contribution in [3.05, 3.63) is 27.7 Å². The second kappa shape index (κ2) is 5.20. The number of nitrogens with one attached hydrogen (secondary N) is 1. The standard InChI is InChI=1S/C16H20Cl2N2O2/c1-15(2,3)22-14(21)20-5-4-16(9-20)8-19-13-7-12(18)11(17)6-10(13)16/h6-7,19H,4-5,8-9H2,1-3H3/t16-/m0/s1. The first-order valence-corrected chi connectivity index (χ1v) is 8.17. The van der Waals surface area contributed by atoms with Crippen LogP contribution < -0.4 is 5.32 Å². The van der Waals surface area contributed by atoms with E-state index in [-0.39, 0.29) is 11.5 Å². The van der Waals surface area contributed by atoms with E-state index in [4.69, 9.17) is 27.9 Å². The molecule has 1 N–H and O–H groups in total. The minimum atomic E-state index is -0.477. The predicted molar refractivity (Wildman–Crippen MR) is 89.1 cm³/mol. The Bertz CT molecular complexity index is 627.